The van der Waals surface area contributed by atoms with Crippen molar-refractivity contribution in [2.75, 3.05) is 28.4 Å². The first kappa shape index (κ1) is 19.9. The van der Waals surface area contributed by atoms with Crippen LogP contribution in [0.2, 0.25) is 0 Å². The van der Waals surface area contributed by atoms with E-state index >= 15 is 0 Å². The second-order valence-electron chi connectivity index (χ2n) is 5.18. The number of nitrogens with one attached hydrogen (secondary N) is 1. The molecule has 8 heteroatoms. The minimum atomic E-state index is -0.662. The summed E-state index contributed by atoms with van der Waals surface area (Å²) in [5, 5.41) is 8.62. The van der Waals surface area contributed by atoms with Crippen LogP contribution in [0.4, 0.5) is 0 Å². The van der Waals surface area contributed by atoms with E-state index in [4.69, 9.17) is 28.9 Å². The van der Waals surface area contributed by atoms with Crippen LogP contribution >= 0.6 is 0 Å². The number of rotatable bonds is 8. The molecule has 27 heavy (non-hydrogen) atoms. The van der Waals surface area contributed by atoms with Gasteiger partial charge in [0, 0.05) is 29.8 Å². The number of carbonyl (C=O) groups is 1. The van der Waals surface area contributed by atoms with E-state index in [1.54, 1.807) is 30.3 Å². The summed E-state index contributed by atoms with van der Waals surface area (Å²) in [5.74, 6) is 2.08. The standard InChI is InChI=1S/C19H21NO7/c1-23-13-7-5-12(6-8-18(21)20-22)15(9-13)27-14-10-16(24-2)19(26-4)17(11-14)25-3/h5-11,22H,1-4H3,(H,20,21)/b8-6+. The zero-order chi connectivity index (χ0) is 19.8. The highest BCUT2D eigenvalue weighted by Crippen LogP contribution is 2.42. The molecule has 0 aromatic heterocycles. The molecule has 8 nitrogen and oxygen atoms in total. The average Bonchev–Trinajstić information content (AvgIpc) is 2.71. The van der Waals surface area contributed by atoms with E-state index in [-0.39, 0.29) is 0 Å². The van der Waals surface area contributed by atoms with Crippen LogP contribution in [0.5, 0.6) is 34.5 Å². The van der Waals surface area contributed by atoms with Crippen LogP contribution in [0.1, 0.15) is 5.56 Å². The molecule has 0 saturated carbocycles. The second kappa shape index (κ2) is 9.35. The summed E-state index contributed by atoms with van der Waals surface area (Å²) in [5.41, 5.74) is 2.12. The fraction of sp³-hybridized carbons (Fsp3) is 0.211. The van der Waals surface area contributed by atoms with Gasteiger partial charge in [0.2, 0.25) is 5.75 Å². The van der Waals surface area contributed by atoms with Gasteiger partial charge in [-0.25, -0.2) is 5.48 Å². The molecule has 0 aliphatic carbocycles. The first-order valence-electron chi connectivity index (χ1n) is 7.84. The monoisotopic (exact) mass is 375 g/mol. The SMILES string of the molecule is COc1ccc(/C=C/C(=O)NO)c(Oc2cc(OC)c(OC)c(OC)c2)c1. The van der Waals surface area contributed by atoms with E-state index < -0.39 is 5.91 Å². The topological polar surface area (TPSA) is 95.5 Å². The van der Waals surface area contributed by atoms with Gasteiger partial charge in [0.25, 0.3) is 5.91 Å². The lowest BCUT2D eigenvalue weighted by Crippen LogP contribution is -2.14. The fourth-order valence-corrected chi connectivity index (χ4v) is 2.31. The minimum absolute atomic E-state index is 0.422. The lowest BCUT2D eigenvalue weighted by atomic mass is 10.1. The predicted octanol–water partition coefficient (Wildman–Crippen LogP) is 3.03. The molecular formula is C19H21NO7. The Kier molecular flexibility index (Phi) is 6.90. The average molecular weight is 375 g/mol. The van der Waals surface area contributed by atoms with Gasteiger partial charge in [-0.1, -0.05) is 0 Å². The Morgan fingerprint density at radius 3 is 2.04 bits per heavy atom. The third-order valence-corrected chi connectivity index (χ3v) is 3.61. The van der Waals surface area contributed by atoms with Gasteiger partial charge in [-0.2, -0.15) is 0 Å². The molecule has 0 bridgehead atoms. The molecule has 2 rings (SSSR count). The fourth-order valence-electron chi connectivity index (χ4n) is 2.31. The Balaban J connectivity index is 2.46. The number of hydroxylamine groups is 1. The maximum Gasteiger partial charge on any atom is 0.267 e. The van der Waals surface area contributed by atoms with Crippen LogP contribution in [0.25, 0.3) is 6.08 Å². The predicted molar refractivity (Wildman–Crippen MR) is 98.1 cm³/mol. The minimum Gasteiger partial charge on any atom is -0.497 e. The van der Waals surface area contributed by atoms with E-state index in [1.165, 1.54) is 46.1 Å². The molecule has 0 fully saturated rings. The van der Waals surface area contributed by atoms with E-state index in [0.29, 0.717) is 40.1 Å². The van der Waals surface area contributed by atoms with E-state index in [9.17, 15) is 4.79 Å². The summed E-state index contributed by atoms with van der Waals surface area (Å²) in [6.07, 6.45) is 2.67. The van der Waals surface area contributed by atoms with Crippen molar-refractivity contribution in [2.45, 2.75) is 0 Å². The Morgan fingerprint density at radius 2 is 1.52 bits per heavy atom. The Morgan fingerprint density at radius 1 is 0.889 bits per heavy atom. The van der Waals surface area contributed by atoms with Gasteiger partial charge in [0.05, 0.1) is 28.4 Å². The van der Waals surface area contributed by atoms with Crippen LogP contribution < -0.4 is 29.2 Å². The van der Waals surface area contributed by atoms with Crippen molar-refractivity contribution in [3.63, 3.8) is 0 Å². The molecule has 144 valence electrons. The first-order valence-corrected chi connectivity index (χ1v) is 7.84. The smallest absolute Gasteiger partial charge is 0.267 e. The third kappa shape index (κ3) is 4.83. The molecule has 2 N–H and O–H groups in total. The van der Waals surface area contributed by atoms with E-state index in [0.717, 1.165) is 0 Å². The van der Waals surface area contributed by atoms with Crippen LogP contribution in [0, 0.1) is 0 Å². The van der Waals surface area contributed by atoms with Gasteiger partial charge in [0.15, 0.2) is 11.5 Å². The summed E-state index contributed by atoms with van der Waals surface area (Å²) >= 11 is 0. The quantitative estimate of drug-likeness (QED) is 0.416. The highest BCUT2D eigenvalue weighted by atomic mass is 16.5. The molecule has 0 radical (unpaired) electrons. The normalized spacial score (nSPS) is 10.4. The van der Waals surface area contributed by atoms with Gasteiger partial charge < -0.3 is 23.7 Å². The molecular weight excluding hydrogens is 354 g/mol. The van der Waals surface area contributed by atoms with Crippen LogP contribution in [-0.2, 0) is 4.79 Å². The molecule has 2 aromatic rings. The highest BCUT2D eigenvalue weighted by molar-refractivity contribution is 5.91. The first-order chi connectivity index (χ1) is 13.1. The summed E-state index contributed by atoms with van der Waals surface area (Å²) in [6.45, 7) is 0. The lowest BCUT2D eigenvalue weighted by molar-refractivity contribution is -0.124. The van der Waals surface area contributed by atoms with Gasteiger partial charge in [-0.05, 0) is 18.2 Å². The van der Waals surface area contributed by atoms with Gasteiger partial charge in [-0.15, -0.1) is 0 Å². The maximum absolute atomic E-state index is 11.3. The zero-order valence-electron chi connectivity index (χ0n) is 15.4. The van der Waals surface area contributed by atoms with Crippen molar-refractivity contribution >= 4 is 12.0 Å². The Labute approximate surface area is 156 Å². The summed E-state index contributed by atoms with van der Waals surface area (Å²) in [4.78, 5) is 11.3. The van der Waals surface area contributed by atoms with Crippen molar-refractivity contribution in [3.05, 3.63) is 42.0 Å². The molecule has 0 heterocycles. The summed E-state index contributed by atoms with van der Waals surface area (Å²) in [7, 11) is 6.06. The summed E-state index contributed by atoms with van der Waals surface area (Å²) in [6, 6.07) is 8.40. The third-order valence-electron chi connectivity index (χ3n) is 3.61. The number of ether oxygens (including phenoxy) is 5. The van der Waals surface area contributed by atoms with Gasteiger partial charge in [-0.3, -0.25) is 10.0 Å². The summed E-state index contributed by atoms with van der Waals surface area (Å²) < 4.78 is 27.1. The highest BCUT2D eigenvalue weighted by Gasteiger charge is 2.15. The number of carbonyl (C=O) groups excluding carboxylic acids is 1. The van der Waals surface area contributed by atoms with Crippen LogP contribution in [0.3, 0.4) is 0 Å². The molecule has 0 saturated heterocycles. The molecule has 0 unspecified atom stereocenters. The number of amides is 1. The second-order valence-corrected chi connectivity index (χ2v) is 5.18. The molecule has 2 aromatic carbocycles. The number of hydrogen-bond acceptors (Lipinski definition) is 7. The number of hydrogen-bond donors (Lipinski definition) is 2. The number of benzene rings is 2. The van der Waals surface area contributed by atoms with E-state index in [2.05, 4.69) is 0 Å². The molecule has 0 spiro atoms. The number of methoxy groups -OCH3 is 4. The van der Waals surface area contributed by atoms with Crippen LogP contribution in [0.15, 0.2) is 36.4 Å². The molecule has 1 amide bonds. The largest absolute Gasteiger partial charge is 0.497 e. The van der Waals surface area contributed by atoms with Crippen molar-refractivity contribution in [1.82, 2.24) is 5.48 Å². The Hall–Kier alpha value is -3.39. The molecule has 0 atom stereocenters. The Bertz CT molecular complexity index is 808. The van der Waals surface area contributed by atoms with Crippen molar-refractivity contribution in [2.24, 2.45) is 0 Å². The van der Waals surface area contributed by atoms with E-state index in [1.807, 2.05) is 0 Å². The zero-order valence-corrected chi connectivity index (χ0v) is 15.4. The van der Waals surface area contributed by atoms with Crippen molar-refractivity contribution in [1.29, 1.82) is 0 Å². The van der Waals surface area contributed by atoms with Crippen molar-refractivity contribution < 1.29 is 33.7 Å². The lowest BCUT2D eigenvalue weighted by Gasteiger charge is -2.16. The molecule has 0 aliphatic heterocycles. The van der Waals surface area contributed by atoms with Gasteiger partial charge >= 0.3 is 0 Å². The van der Waals surface area contributed by atoms with Crippen molar-refractivity contribution in [3.8, 4) is 34.5 Å². The van der Waals surface area contributed by atoms with Gasteiger partial charge in [0.1, 0.15) is 17.2 Å². The van der Waals surface area contributed by atoms with Crippen LogP contribution in [-0.4, -0.2) is 39.6 Å². The maximum atomic E-state index is 11.3. The molecule has 0 aliphatic rings.